The molecule has 0 bridgehead atoms. The zero-order valence-corrected chi connectivity index (χ0v) is 22.4. The molecule has 11 heteroatoms. The largest absolute Gasteiger partial charge is 0.396 e. The van der Waals surface area contributed by atoms with Crippen molar-refractivity contribution >= 4 is 33.3 Å². The normalized spacial score (nSPS) is 17.4. The number of hydrogen-bond acceptors (Lipinski definition) is 11. The summed E-state index contributed by atoms with van der Waals surface area (Å²) in [6.07, 6.45) is 6.69. The molecule has 0 spiro atoms. The molecule has 0 saturated carbocycles. The molecule has 2 aliphatic rings. The molecular formula is C25H38N8O2S. The highest BCUT2D eigenvalue weighted by molar-refractivity contribution is 7.19. The minimum atomic E-state index is 0.248. The molecule has 10 nitrogen and oxygen atoms in total. The van der Waals surface area contributed by atoms with Crippen molar-refractivity contribution in [3.05, 3.63) is 23.3 Å². The monoisotopic (exact) mass is 514 g/mol. The maximum Gasteiger partial charge on any atom is 0.219 e. The van der Waals surface area contributed by atoms with E-state index in [0.29, 0.717) is 31.7 Å². The fourth-order valence-electron chi connectivity index (χ4n) is 4.42. The Bertz CT molecular complexity index is 1090. The summed E-state index contributed by atoms with van der Waals surface area (Å²) in [6, 6.07) is 2.85. The molecule has 3 N–H and O–H groups in total. The van der Waals surface area contributed by atoms with Crippen LogP contribution in [-0.4, -0.2) is 101 Å². The summed E-state index contributed by atoms with van der Waals surface area (Å²) < 4.78 is 6.71. The molecule has 2 saturated heterocycles. The van der Waals surface area contributed by atoms with Crippen LogP contribution in [0.25, 0.3) is 21.6 Å². The van der Waals surface area contributed by atoms with E-state index in [2.05, 4.69) is 44.8 Å². The average molecular weight is 515 g/mol. The van der Waals surface area contributed by atoms with Crippen LogP contribution in [0.3, 0.4) is 0 Å². The van der Waals surface area contributed by atoms with E-state index in [4.69, 9.17) is 25.5 Å². The number of morpholine rings is 1. The van der Waals surface area contributed by atoms with Crippen LogP contribution in [0.2, 0.25) is 0 Å². The van der Waals surface area contributed by atoms with E-state index in [1.165, 1.54) is 30.8 Å². The van der Waals surface area contributed by atoms with E-state index >= 15 is 0 Å². The number of hydrogen-bond donors (Lipinski definition) is 2. The lowest BCUT2D eigenvalue weighted by Gasteiger charge is -2.34. The van der Waals surface area contributed by atoms with Gasteiger partial charge >= 0.3 is 0 Å². The summed E-state index contributed by atoms with van der Waals surface area (Å²) in [5.74, 6) is 1.85. The Kier molecular flexibility index (Phi) is 9.38. The Hall–Kier alpha value is -2.44. The molecule has 0 unspecified atom stereocenters. The quantitative estimate of drug-likeness (QED) is 0.508. The van der Waals surface area contributed by atoms with E-state index in [1.807, 2.05) is 6.92 Å². The molecule has 0 atom stereocenters. The molecular weight excluding hydrogens is 476 g/mol. The first-order valence-corrected chi connectivity index (χ1v) is 13.5. The van der Waals surface area contributed by atoms with E-state index < -0.39 is 0 Å². The van der Waals surface area contributed by atoms with E-state index in [1.54, 1.807) is 23.7 Å². The Morgan fingerprint density at radius 2 is 1.81 bits per heavy atom. The third kappa shape index (κ3) is 6.65. The van der Waals surface area contributed by atoms with Gasteiger partial charge in [-0.15, -0.1) is 11.3 Å². The van der Waals surface area contributed by atoms with Gasteiger partial charge in [0.1, 0.15) is 0 Å². The van der Waals surface area contributed by atoms with Crippen molar-refractivity contribution in [3.63, 3.8) is 0 Å². The number of likely N-dealkylation sites (tertiary alicyclic amines) is 1. The molecule has 0 radical (unpaired) electrons. The van der Waals surface area contributed by atoms with Crippen molar-refractivity contribution in [3.8, 4) is 11.4 Å². The van der Waals surface area contributed by atoms with Gasteiger partial charge in [-0.25, -0.2) is 19.9 Å². The predicted molar refractivity (Wildman–Crippen MR) is 145 cm³/mol. The topological polar surface area (TPSA) is 117 Å². The van der Waals surface area contributed by atoms with Gasteiger partial charge in [0.25, 0.3) is 0 Å². The molecule has 3 aromatic heterocycles. The highest BCUT2D eigenvalue weighted by atomic mass is 32.1. The number of aliphatic hydroxyl groups excluding tert-OH is 1. The van der Waals surface area contributed by atoms with Crippen molar-refractivity contribution in [2.45, 2.75) is 38.8 Å². The summed E-state index contributed by atoms with van der Waals surface area (Å²) in [6.45, 7) is 8.59. The van der Waals surface area contributed by atoms with Gasteiger partial charge < -0.3 is 25.4 Å². The van der Waals surface area contributed by atoms with Crippen LogP contribution < -0.4 is 10.6 Å². The van der Waals surface area contributed by atoms with Crippen molar-refractivity contribution in [1.29, 1.82) is 0 Å². The SMILES string of the molecule is CCCO.CN1CCC(N(C)Cc2cc3nc(-c4cnc(N)nc4)nc(N4CCOCC4)c3s2)CC1. The van der Waals surface area contributed by atoms with Crippen LogP contribution in [0.15, 0.2) is 18.5 Å². The zero-order valence-electron chi connectivity index (χ0n) is 21.6. The maximum absolute atomic E-state index is 7.88. The van der Waals surface area contributed by atoms with Gasteiger partial charge in [-0.1, -0.05) is 6.92 Å². The molecule has 5 rings (SSSR count). The molecule has 5 heterocycles. The number of thiophene rings is 1. The molecule has 0 amide bonds. The van der Waals surface area contributed by atoms with Gasteiger partial charge in [-0.2, -0.15) is 0 Å². The third-order valence-corrected chi connectivity index (χ3v) is 7.69. The Morgan fingerprint density at radius 3 is 2.44 bits per heavy atom. The van der Waals surface area contributed by atoms with Gasteiger partial charge in [-0.3, -0.25) is 4.90 Å². The molecule has 0 aromatic carbocycles. The second-order valence-electron chi connectivity index (χ2n) is 9.40. The number of nitrogens with two attached hydrogens (primary N) is 1. The molecule has 2 aliphatic heterocycles. The minimum absolute atomic E-state index is 0.248. The lowest BCUT2D eigenvalue weighted by Crippen LogP contribution is -2.41. The Morgan fingerprint density at radius 1 is 1.14 bits per heavy atom. The number of ether oxygens (including phenoxy) is 1. The fraction of sp³-hybridized carbons (Fsp3) is 0.600. The highest BCUT2D eigenvalue weighted by Crippen LogP contribution is 2.35. The average Bonchev–Trinajstić information content (AvgIpc) is 3.32. The van der Waals surface area contributed by atoms with Gasteiger partial charge in [0.15, 0.2) is 11.6 Å². The second kappa shape index (κ2) is 12.7. The predicted octanol–water partition coefficient (Wildman–Crippen LogP) is 2.48. The highest BCUT2D eigenvalue weighted by Gasteiger charge is 2.23. The number of nitrogens with zero attached hydrogens (tertiary/aromatic N) is 7. The van der Waals surface area contributed by atoms with Crippen molar-refractivity contribution < 1.29 is 9.84 Å². The standard InChI is InChI=1S/C22H30N8OS.C3H8O/c1-28-5-3-16(4-6-28)29(2)14-17-11-18-19(32-17)21(30-7-9-31-10-8-30)27-20(26-18)15-12-24-22(23)25-13-15;1-2-3-4/h11-13,16H,3-10,14H2,1-2H3,(H2,23,24,25);4H,2-3H2,1H3. The number of nitrogen functional groups attached to an aromatic ring is 1. The van der Waals surface area contributed by atoms with Crippen LogP contribution in [0.1, 0.15) is 31.1 Å². The van der Waals surface area contributed by atoms with Crippen LogP contribution in [0.5, 0.6) is 0 Å². The first-order chi connectivity index (χ1) is 17.5. The van der Waals surface area contributed by atoms with Gasteiger partial charge in [-0.05, 0) is 52.5 Å². The number of rotatable bonds is 6. The Balaban J connectivity index is 0.000000709. The third-order valence-electron chi connectivity index (χ3n) is 6.59. The summed E-state index contributed by atoms with van der Waals surface area (Å²) in [7, 11) is 4.45. The first-order valence-electron chi connectivity index (χ1n) is 12.7. The number of aromatic nitrogens is 4. The molecule has 0 aliphatic carbocycles. The van der Waals surface area contributed by atoms with E-state index in [-0.39, 0.29) is 5.95 Å². The van der Waals surface area contributed by atoms with Crippen LogP contribution >= 0.6 is 11.3 Å². The fourth-order valence-corrected chi connectivity index (χ4v) is 5.60. The number of fused-ring (bicyclic) bond motifs is 1. The van der Waals surface area contributed by atoms with Gasteiger partial charge in [0, 0.05) is 49.6 Å². The zero-order chi connectivity index (χ0) is 25.5. The van der Waals surface area contributed by atoms with Crippen LogP contribution in [0, 0.1) is 0 Å². The van der Waals surface area contributed by atoms with Gasteiger partial charge in [0.05, 0.1) is 29.0 Å². The lowest BCUT2D eigenvalue weighted by atomic mass is 10.0. The first kappa shape index (κ1) is 26.6. The maximum atomic E-state index is 7.88. The lowest BCUT2D eigenvalue weighted by molar-refractivity contribution is 0.122. The second-order valence-corrected chi connectivity index (χ2v) is 10.5. The van der Waals surface area contributed by atoms with Crippen molar-refractivity contribution in [1.82, 2.24) is 29.7 Å². The molecule has 36 heavy (non-hydrogen) atoms. The summed E-state index contributed by atoms with van der Waals surface area (Å²) in [4.78, 5) is 26.6. The molecule has 2 fully saturated rings. The van der Waals surface area contributed by atoms with Crippen molar-refractivity contribution in [2.75, 3.05) is 70.7 Å². The summed E-state index contributed by atoms with van der Waals surface area (Å²) in [5, 5.41) is 7.88. The summed E-state index contributed by atoms with van der Waals surface area (Å²) >= 11 is 1.81. The van der Waals surface area contributed by atoms with Crippen LogP contribution in [0.4, 0.5) is 11.8 Å². The van der Waals surface area contributed by atoms with Crippen LogP contribution in [-0.2, 0) is 11.3 Å². The number of piperidine rings is 1. The molecule has 196 valence electrons. The molecule has 3 aromatic rings. The van der Waals surface area contributed by atoms with Gasteiger partial charge in [0.2, 0.25) is 5.95 Å². The van der Waals surface area contributed by atoms with E-state index in [9.17, 15) is 0 Å². The summed E-state index contributed by atoms with van der Waals surface area (Å²) in [5.41, 5.74) is 7.42. The smallest absolute Gasteiger partial charge is 0.219 e. The number of anilines is 2. The minimum Gasteiger partial charge on any atom is -0.396 e. The van der Waals surface area contributed by atoms with E-state index in [0.717, 1.165) is 47.7 Å². The van der Waals surface area contributed by atoms with Crippen molar-refractivity contribution in [2.24, 2.45) is 0 Å². The Labute approximate surface area is 217 Å². The number of aliphatic hydroxyl groups is 1.